The van der Waals surface area contributed by atoms with E-state index < -0.39 is 0 Å². The summed E-state index contributed by atoms with van der Waals surface area (Å²) in [7, 11) is 0. The summed E-state index contributed by atoms with van der Waals surface area (Å²) in [5.41, 5.74) is 7.14. The van der Waals surface area contributed by atoms with E-state index >= 15 is 0 Å². The molecule has 0 aliphatic rings. The predicted octanol–water partition coefficient (Wildman–Crippen LogP) is 6.06. The molecule has 3 N–H and O–H groups in total. The van der Waals surface area contributed by atoms with Gasteiger partial charge in [0.15, 0.2) is 17.1 Å². The third-order valence-electron chi connectivity index (χ3n) is 5.90. The van der Waals surface area contributed by atoms with Crippen molar-refractivity contribution < 1.29 is 4.79 Å². The smallest absolute Gasteiger partial charge is 0.224 e. The Balaban J connectivity index is 1.36. The van der Waals surface area contributed by atoms with Crippen LogP contribution in [0.3, 0.4) is 0 Å². The zero-order chi connectivity index (χ0) is 25.6. The van der Waals surface area contributed by atoms with E-state index in [9.17, 15) is 4.79 Å². The highest BCUT2D eigenvalue weighted by Crippen LogP contribution is 2.32. The van der Waals surface area contributed by atoms with Crippen LogP contribution >= 0.6 is 11.3 Å². The number of nitrogens with zero attached hydrogens (tertiary/aromatic N) is 5. The van der Waals surface area contributed by atoms with Gasteiger partial charge < -0.3 is 10.3 Å². The van der Waals surface area contributed by atoms with Gasteiger partial charge in [-0.2, -0.15) is 16.4 Å². The number of pyridine rings is 3. The highest BCUT2D eigenvalue weighted by Gasteiger charge is 2.18. The Morgan fingerprint density at radius 3 is 2.70 bits per heavy atom. The number of amides is 1. The Hall–Kier alpha value is -4.44. The van der Waals surface area contributed by atoms with Crippen LogP contribution in [-0.2, 0) is 4.79 Å². The Bertz CT molecular complexity index is 1740. The molecule has 0 aromatic carbocycles. The fraction of sp³-hybridized carbons (Fsp3) is 0.185. The number of aromatic nitrogens is 7. The van der Waals surface area contributed by atoms with Gasteiger partial charge in [-0.05, 0) is 46.0 Å². The normalized spacial score (nSPS) is 11.9. The third-order valence-corrected chi connectivity index (χ3v) is 6.59. The van der Waals surface area contributed by atoms with Crippen LogP contribution in [0.5, 0.6) is 0 Å². The van der Waals surface area contributed by atoms with E-state index in [1.807, 2.05) is 44.4 Å². The number of rotatable bonds is 5. The molecule has 37 heavy (non-hydrogen) atoms. The lowest BCUT2D eigenvalue weighted by atomic mass is 9.92. The van der Waals surface area contributed by atoms with E-state index in [2.05, 4.69) is 46.9 Å². The molecular weight excluding hydrogens is 484 g/mol. The first-order valence-electron chi connectivity index (χ1n) is 11.8. The van der Waals surface area contributed by atoms with E-state index in [0.29, 0.717) is 34.9 Å². The Kier molecular flexibility index (Phi) is 5.53. The summed E-state index contributed by atoms with van der Waals surface area (Å²) in [6, 6.07) is 7.94. The van der Waals surface area contributed by atoms with Gasteiger partial charge in [-0.15, -0.1) is 0 Å². The lowest BCUT2D eigenvalue weighted by Gasteiger charge is -2.17. The molecular formula is C27H24N8OS. The number of carbonyl (C=O) groups excluding carboxylic acids is 1. The van der Waals surface area contributed by atoms with Crippen LogP contribution in [0, 0.1) is 5.41 Å². The number of nitrogens with one attached hydrogen (secondary N) is 3. The van der Waals surface area contributed by atoms with Crippen LogP contribution < -0.4 is 5.32 Å². The average molecular weight is 509 g/mol. The van der Waals surface area contributed by atoms with Crippen LogP contribution in [0.15, 0.2) is 59.8 Å². The van der Waals surface area contributed by atoms with Crippen molar-refractivity contribution in [3.05, 3.63) is 59.8 Å². The van der Waals surface area contributed by atoms with Crippen LogP contribution in [-0.4, -0.2) is 41.0 Å². The number of H-pyrrole nitrogens is 2. The number of anilines is 1. The number of thiophene rings is 1. The fourth-order valence-electron chi connectivity index (χ4n) is 4.27. The molecule has 6 heterocycles. The summed E-state index contributed by atoms with van der Waals surface area (Å²) in [5.74, 6) is 0.564. The van der Waals surface area contributed by atoms with Gasteiger partial charge in [0, 0.05) is 41.7 Å². The second-order valence-corrected chi connectivity index (χ2v) is 10.9. The monoisotopic (exact) mass is 508 g/mol. The van der Waals surface area contributed by atoms with Crippen molar-refractivity contribution in [1.82, 2.24) is 35.1 Å². The van der Waals surface area contributed by atoms with E-state index in [1.54, 1.807) is 36.1 Å². The maximum absolute atomic E-state index is 12.4. The summed E-state index contributed by atoms with van der Waals surface area (Å²) in [6.45, 7) is 6.10. The van der Waals surface area contributed by atoms with Gasteiger partial charge in [0.1, 0.15) is 11.2 Å². The summed E-state index contributed by atoms with van der Waals surface area (Å²) in [5, 5.41) is 15.4. The number of hydrogen-bond donors (Lipinski definition) is 3. The van der Waals surface area contributed by atoms with Gasteiger partial charge in [-0.25, -0.2) is 15.0 Å². The maximum Gasteiger partial charge on any atom is 0.224 e. The zero-order valence-corrected chi connectivity index (χ0v) is 21.3. The molecule has 0 fully saturated rings. The van der Waals surface area contributed by atoms with Crippen molar-refractivity contribution >= 4 is 45.1 Å². The second-order valence-electron chi connectivity index (χ2n) is 10.1. The molecule has 0 unspecified atom stereocenters. The van der Waals surface area contributed by atoms with Crippen molar-refractivity contribution in [3.8, 4) is 33.8 Å². The van der Waals surface area contributed by atoms with E-state index in [0.717, 1.165) is 33.2 Å². The number of imidazole rings is 1. The minimum absolute atomic E-state index is 0.0440. The molecule has 0 radical (unpaired) electrons. The first-order chi connectivity index (χ1) is 17.8. The fourth-order valence-corrected chi connectivity index (χ4v) is 4.92. The molecule has 9 nitrogen and oxygen atoms in total. The first-order valence-corrected chi connectivity index (χ1v) is 12.8. The Labute approximate surface area is 216 Å². The summed E-state index contributed by atoms with van der Waals surface area (Å²) in [4.78, 5) is 33.9. The Morgan fingerprint density at radius 1 is 1.03 bits per heavy atom. The minimum atomic E-state index is -0.0988. The van der Waals surface area contributed by atoms with E-state index in [-0.39, 0.29) is 11.3 Å². The summed E-state index contributed by atoms with van der Waals surface area (Å²) < 4.78 is 0. The highest BCUT2D eigenvalue weighted by atomic mass is 32.1. The lowest BCUT2D eigenvalue weighted by Crippen LogP contribution is -2.19. The molecule has 0 saturated carbocycles. The maximum atomic E-state index is 12.4. The largest absolute Gasteiger partial charge is 0.325 e. The quantitative estimate of drug-likeness (QED) is 0.260. The van der Waals surface area contributed by atoms with E-state index in [1.165, 1.54) is 0 Å². The van der Waals surface area contributed by atoms with Crippen LogP contribution in [0.4, 0.5) is 5.69 Å². The van der Waals surface area contributed by atoms with Gasteiger partial charge in [-0.1, -0.05) is 20.8 Å². The van der Waals surface area contributed by atoms with Crippen molar-refractivity contribution in [2.75, 3.05) is 5.32 Å². The van der Waals surface area contributed by atoms with Crippen molar-refractivity contribution in [2.45, 2.75) is 27.2 Å². The molecule has 184 valence electrons. The number of carbonyl (C=O) groups is 1. The molecule has 1 amide bonds. The molecule has 0 saturated heterocycles. The van der Waals surface area contributed by atoms with Crippen molar-refractivity contribution in [2.24, 2.45) is 5.41 Å². The van der Waals surface area contributed by atoms with Gasteiger partial charge in [0.2, 0.25) is 5.91 Å². The average Bonchev–Trinajstić information content (AvgIpc) is 3.61. The second kappa shape index (κ2) is 8.90. The van der Waals surface area contributed by atoms with Crippen molar-refractivity contribution in [3.63, 3.8) is 0 Å². The zero-order valence-electron chi connectivity index (χ0n) is 20.5. The molecule has 0 aliphatic carbocycles. The van der Waals surface area contributed by atoms with Crippen LogP contribution in [0.2, 0.25) is 0 Å². The topological polar surface area (TPSA) is 125 Å². The molecule has 10 heteroatoms. The molecule has 6 aromatic rings. The lowest BCUT2D eigenvalue weighted by molar-refractivity contribution is -0.117. The van der Waals surface area contributed by atoms with E-state index in [4.69, 9.17) is 4.98 Å². The predicted molar refractivity (Wildman–Crippen MR) is 146 cm³/mol. The molecule has 0 aliphatic heterocycles. The molecule has 0 atom stereocenters. The molecule has 6 aromatic heterocycles. The first kappa shape index (κ1) is 23.0. The Morgan fingerprint density at radius 2 is 1.89 bits per heavy atom. The third kappa shape index (κ3) is 4.58. The summed E-state index contributed by atoms with van der Waals surface area (Å²) in [6.07, 6.45) is 7.35. The minimum Gasteiger partial charge on any atom is -0.325 e. The van der Waals surface area contributed by atoms with Crippen LogP contribution in [0.25, 0.3) is 56.0 Å². The summed E-state index contributed by atoms with van der Waals surface area (Å²) >= 11 is 1.64. The number of fused-ring (bicyclic) bond motifs is 2. The van der Waals surface area contributed by atoms with Gasteiger partial charge in [-0.3, -0.25) is 14.9 Å². The van der Waals surface area contributed by atoms with Gasteiger partial charge in [0.05, 0.1) is 17.3 Å². The van der Waals surface area contributed by atoms with Crippen LogP contribution in [0.1, 0.15) is 27.2 Å². The van der Waals surface area contributed by atoms with Crippen molar-refractivity contribution in [1.29, 1.82) is 0 Å². The molecule has 0 spiro atoms. The van der Waals surface area contributed by atoms with Gasteiger partial charge >= 0.3 is 0 Å². The molecule has 6 rings (SSSR count). The number of hydrogen-bond acceptors (Lipinski definition) is 7. The standard InChI is InChI=1S/C27H24N8OS/c1-27(2,3)10-21(36)31-18-8-16(11-28-13-18)17-9-20-23(34-35-24(20)30-12-17)26-32-22-19(15-5-7-37-14-15)4-6-29-25(22)33-26/h4-9,11-14H,10H2,1-3H3,(H,31,36)(H,29,32,33)(H,30,34,35). The van der Waals surface area contributed by atoms with Gasteiger partial charge in [0.25, 0.3) is 0 Å². The number of aromatic amines is 2. The molecule has 0 bridgehead atoms. The highest BCUT2D eigenvalue weighted by molar-refractivity contribution is 7.08. The SMILES string of the molecule is CC(C)(C)CC(=O)Nc1cncc(-c2cnc3[nH]nc(-c4nc5c(-c6ccsc6)ccnc5[nH]4)c3c2)c1.